The average Bonchev–Trinajstić information content (AvgIpc) is 3.10. The summed E-state index contributed by atoms with van der Waals surface area (Å²) < 4.78 is 9.91. The Kier molecular flexibility index (Phi) is 7.71. The molecule has 0 unspecified atom stereocenters. The Labute approximate surface area is 194 Å². The third-order valence-electron chi connectivity index (χ3n) is 5.23. The quantitative estimate of drug-likeness (QED) is 0.106. The third kappa shape index (κ3) is 4.95. The molecule has 0 aromatic heterocycles. The van der Waals surface area contributed by atoms with E-state index in [0.717, 1.165) is 6.07 Å². The maximum atomic E-state index is 12.9. The average molecular weight is 470 g/mol. The number of rotatable bonds is 9. The first kappa shape index (κ1) is 24.6. The van der Waals surface area contributed by atoms with Gasteiger partial charge in [-0.3, -0.25) is 19.7 Å². The van der Waals surface area contributed by atoms with Crippen molar-refractivity contribution in [3.05, 3.63) is 80.9 Å². The summed E-state index contributed by atoms with van der Waals surface area (Å²) in [6.45, 7) is -0.193. The second kappa shape index (κ2) is 10.7. The van der Waals surface area contributed by atoms with Crippen LogP contribution in [-0.4, -0.2) is 71.2 Å². The van der Waals surface area contributed by atoms with Crippen LogP contribution in [-0.2, 0) is 19.1 Å². The molecule has 1 fully saturated rings. The maximum absolute atomic E-state index is 12.9. The predicted octanol–water partition coefficient (Wildman–Crippen LogP) is 1.81. The molecule has 178 valence electrons. The van der Waals surface area contributed by atoms with Crippen LogP contribution in [0.1, 0.15) is 27.5 Å². The van der Waals surface area contributed by atoms with Gasteiger partial charge in [-0.2, -0.15) is 0 Å². The zero-order valence-corrected chi connectivity index (χ0v) is 18.2. The fraction of sp³-hybridized carbons (Fsp3) is 0.261. The summed E-state index contributed by atoms with van der Waals surface area (Å²) in [6, 6.07) is 9.98. The standard InChI is InChI=1S/C23H22N2O9/c1-33-23(30)15-7-5-14(6-8-15)19-18(20(27)16-3-2-4-17(13-16)25(31)32)21(28)22(29)24(19)9-11-34-12-10-26/h2-8,13,19,26-27H,9-12H2,1H3/b20-18+/t19-/m0/s1. The van der Waals surface area contributed by atoms with Gasteiger partial charge in [0.25, 0.3) is 17.4 Å². The van der Waals surface area contributed by atoms with Gasteiger partial charge in [-0.1, -0.05) is 24.3 Å². The maximum Gasteiger partial charge on any atom is 0.337 e. The molecular formula is C23H22N2O9. The van der Waals surface area contributed by atoms with Gasteiger partial charge in [-0.25, -0.2) is 4.79 Å². The minimum absolute atomic E-state index is 0.0000820. The molecule has 2 N–H and O–H groups in total. The van der Waals surface area contributed by atoms with Crippen molar-refractivity contribution in [1.29, 1.82) is 0 Å². The molecule has 1 aliphatic heterocycles. The summed E-state index contributed by atoms with van der Waals surface area (Å²) in [7, 11) is 1.23. The number of ketones is 1. The Morgan fingerprint density at radius 3 is 2.44 bits per heavy atom. The fourth-order valence-electron chi connectivity index (χ4n) is 3.63. The zero-order chi connectivity index (χ0) is 24.8. The smallest absolute Gasteiger partial charge is 0.337 e. The molecule has 2 aromatic carbocycles. The SMILES string of the molecule is COC(=O)c1ccc([C@H]2/C(=C(\O)c3cccc([N+](=O)[O-])c3)C(=O)C(=O)N2CCOCCO)cc1. The number of methoxy groups -OCH3 is 1. The van der Waals surface area contributed by atoms with Gasteiger partial charge in [0.05, 0.1) is 49.0 Å². The highest BCUT2D eigenvalue weighted by molar-refractivity contribution is 6.46. The molecule has 1 saturated heterocycles. The fourth-order valence-corrected chi connectivity index (χ4v) is 3.63. The third-order valence-corrected chi connectivity index (χ3v) is 5.23. The molecule has 0 aliphatic carbocycles. The van der Waals surface area contributed by atoms with Gasteiger partial charge < -0.3 is 24.6 Å². The number of benzene rings is 2. The summed E-state index contributed by atoms with van der Waals surface area (Å²) in [4.78, 5) is 49.3. The molecule has 1 aliphatic rings. The Morgan fingerprint density at radius 2 is 1.82 bits per heavy atom. The van der Waals surface area contributed by atoms with Gasteiger partial charge in [0, 0.05) is 24.2 Å². The van der Waals surface area contributed by atoms with Gasteiger partial charge in [-0.05, 0) is 17.7 Å². The Morgan fingerprint density at radius 1 is 1.12 bits per heavy atom. The van der Waals surface area contributed by atoms with Crippen LogP contribution < -0.4 is 0 Å². The van der Waals surface area contributed by atoms with E-state index in [2.05, 4.69) is 4.74 Å². The molecule has 0 radical (unpaired) electrons. The first-order valence-corrected chi connectivity index (χ1v) is 10.2. The number of aliphatic hydroxyl groups is 2. The predicted molar refractivity (Wildman–Crippen MR) is 118 cm³/mol. The second-order valence-electron chi connectivity index (χ2n) is 7.25. The van der Waals surface area contributed by atoms with Crippen molar-refractivity contribution < 1.29 is 39.0 Å². The summed E-state index contributed by atoms with van der Waals surface area (Å²) in [6.07, 6.45) is 0. The largest absolute Gasteiger partial charge is 0.507 e. The molecule has 2 aromatic rings. The highest BCUT2D eigenvalue weighted by Crippen LogP contribution is 2.39. The number of likely N-dealkylation sites (tertiary alicyclic amines) is 1. The van der Waals surface area contributed by atoms with E-state index >= 15 is 0 Å². The first-order valence-electron chi connectivity index (χ1n) is 10.2. The minimum Gasteiger partial charge on any atom is -0.507 e. The molecule has 0 bridgehead atoms. The van der Waals surface area contributed by atoms with Crippen LogP contribution in [0.15, 0.2) is 54.1 Å². The Hall–Kier alpha value is -4.09. The van der Waals surface area contributed by atoms with E-state index in [1.54, 1.807) is 0 Å². The van der Waals surface area contributed by atoms with E-state index in [1.165, 1.54) is 54.5 Å². The number of hydrogen-bond acceptors (Lipinski definition) is 9. The molecule has 1 atom stereocenters. The van der Waals surface area contributed by atoms with Gasteiger partial charge in [0.15, 0.2) is 0 Å². The van der Waals surface area contributed by atoms with Gasteiger partial charge in [-0.15, -0.1) is 0 Å². The molecule has 34 heavy (non-hydrogen) atoms. The number of esters is 1. The summed E-state index contributed by atoms with van der Waals surface area (Å²) in [5.41, 5.74) is 0.113. The molecule has 11 nitrogen and oxygen atoms in total. The van der Waals surface area contributed by atoms with Gasteiger partial charge in [0.2, 0.25) is 0 Å². The van der Waals surface area contributed by atoms with E-state index < -0.39 is 34.4 Å². The van der Waals surface area contributed by atoms with Crippen LogP contribution in [0, 0.1) is 10.1 Å². The normalized spacial score (nSPS) is 17.1. The number of Topliss-reactive ketones (excluding diaryl/α,β-unsaturated/α-hetero) is 1. The molecule has 0 saturated carbocycles. The van der Waals surface area contributed by atoms with Crippen LogP contribution in [0.5, 0.6) is 0 Å². The molecule has 3 rings (SSSR count). The zero-order valence-electron chi connectivity index (χ0n) is 18.2. The van der Waals surface area contributed by atoms with Gasteiger partial charge >= 0.3 is 5.97 Å². The summed E-state index contributed by atoms with van der Waals surface area (Å²) >= 11 is 0. The van der Waals surface area contributed by atoms with Crippen LogP contribution in [0.25, 0.3) is 5.76 Å². The van der Waals surface area contributed by atoms with E-state index in [9.17, 15) is 29.6 Å². The topological polar surface area (TPSA) is 157 Å². The lowest BCUT2D eigenvalue weighted by molar-refractivity contribution is -0.384. The highest BCUT2D eigenvalue weighted by atomic mass is 16.6. The minimum atomic E-state index is -1.04. The molecule has 1 amide bonds. The Balaban J connectivity index is 2.10. The van der Waals surface area contributed by atoms with Crippen LogP contribution >= 0.6 is 0 Å². The van der Waals surface area contributed by atoms with Crippen LogP contribution in [0.3, 0.4) is 0 Å². The molecular weight excluding hydrogens is 448 g/mol. The lowest BCUT2D eigenvalue weighted by Gasteiger charge is -2.25. The Bertz CT molecular complexity index is 1140. The van der Waals surface area contributed by atoms with Crippen molar-refractivity contribution in [2.45, 2.75) is 6.04 Å². The van der Waals surface area contributed by atoms with Crippen molar-refractivity contribution in [1.82, 2.24) is 4.90 Å². The number of ether oxygens (including phenoxy) is 2. The number of hydrogen-bond donors (Lipinski definition) is 2. The number of amides is 1. The van der Waals surface area contributed by atoms with Crippen molar-refractivity contribution in [2.75, 3.05) is 33.5 Å². The van der Waals surface area contributed by atoms with Crippen molar-refractivity contribution >= 4 is 29.1 Å². The van der Waals surface area contributed by atoms with Crippen molar-refractivity contribution in [3.8, 4) is 0 Å². The molecule has 11 heteroatoms. The number of nitrogens with zero attached hydrogens (tertiary/aromatic N) is 2. The number of non-ortho nitro benzene ring substituents is 1. The van der Waals surface area contributed by atoms with Crippen molar-refractivity contribution in [3.63, 3.8) is 0 Å². The van der Waals surface area contributed by atoms with Gasteiger partial charge in [0.1, 0.15) is 5.76 Å². The number of carbonyl (C=O) groups is 3. The monoisotopic (exact) mass is 470 g/mol. The first-order chi connectivity index (χ1) is 16.3. The second-order valence-corrected chi connectivity index (χ2v) is 7.25. The lowest BCUT2D eigenvalue weighted by Crippen LogP contribution is -2.33. The van der Waals surface area contributed by atoms with Crippen LogP contribution in [0.4, 0.5) is 5.69 Å². The van der Waals surface area contributed by atoms with E-state index in [-0.39, 0.29) is 48.8 Å². The summed E-state index contributed by atoms with van der Waals surface area (Å²) in [5.74, 6) is -2.99. The van der Waals surface area contributed by atoms with Crippen LogP contribution in [0.2, 0.25) is 0 Å². The van der Waals surface area contributed by atoms with E-state index in [1.807, 2.05) is 0 Å². The van der Waals surface area contributed by atoms with Crippen molar-refractivity contribution in [2.24, 2.45) is 0 Å². The van der Waals surface area contributed by atoms with E-state index in [4.69, 9.17) is 9.84 Å². The lowest BCUT2D eigenvalue weighted by atomic mass is 9.94. The summed E-state index contributed by atoms with van der Waals surface area (Å²) in [5, 5.41) is 31.0. The number of carbonyl (C=O) groups excluding carboxylic acids is 3. The molecule has 1 heterocycles. The number of nitro groups is 1. The number of nitro benzene ring substituents is 1. The van der Waals surface area contributed by atoms with E-state index in [0.29, 0.717) is 5.56 Å². The number of aliphatic hydroxyl groups excluding tert-OH is 2. The highest BCUT2D eigenvalue weighted by Gasteiger charge is 2.46. The molecule has 0 spiro atoms.